The van der Waals surface area contributed by atoms with Crippen molar-refractivity contribution in [2.75, 3.05) is 0 Å². The molecule has 0 saturated carbocycles. The van der Waals surface area contributed by atoms with Gasteiger partial charge in [-0.3, -0.25) is 0 Å². The van der Waals surface area contributed by atoms with Crippen molar-refractivity contribution in [2.45, 2.75) is 108 Å². The number of thiazole rings is 2. The van der Waals surface area contributed by atoms with Gasteiger partial charge in [-0.25, -0.2) is 19.9 Å². The Balaban J connectivity index is 0.000000559. The number of hydrogen-bond acceptors (Lipinski definition) is 7. The summed E-state index contributed by atoms with van der Waals surface area (Å²) < 4.78 is 6.81. The molecule has 6 aromatic rings. The Bertz CT molecular complexity index is 1260. The van der Waals surface area contributed by atoms with Crippen molar-refractivity contribution in [2.24, 2.45) is 0 Å². The molecule has 7 heteroatoms. The summed E-state index contributed by atoms with van der Waals surface area (Å²) in [5.74, 6) is 2.22. The summed E-state index contributed by atoms with van der Waals surface area (Å²) in [5.41, 5.74) is 3.97. The van der Waals surface area contributed by atoms with Gasteiger partial charge in [-0.1, -0.05) is 126 Å². The highest BCUT2D eigenvalue weighted by Gasteiger charge is 2.08. The van der Waals surface area contributed by atoms with Gasteiger partial charge in [-0.15, -0.1) is 11.3 Å². The topological polar surface area (TPSA) is 64.7 Å². The van der Waals surface area contributed by atoms with E-state index in [1.165, 1.54) is 14.7 Å². The van der Waals surface area contributed by atoms with Gasteiger partial charge in [0.05, 0.1) is 20.2 Å². The summed E-state index contributed by atoms with van der Waals surface area (Å²) in [6.45, 7) is 24.8. The van der Waals surface area contributed by atoms with E-state index in [4.69, 9.17) is 4.42 Å². The molecular formula is C36H54N4OS2. The van der Waals surface area contributed by atoms with E-state index in [0.717, 1.165) is 32.9 Å². The first-order valence-corrected chi connectivity index (χ1v) is 16.9. The van der Waals surface area contributed by atoms with Crippen LogP contribution in [0.1, 0.15) is 124 Å². The summed E-state index contributed by atoms with van der Waals surface area (Å²) in [7, 11) is 0. The molecule has 5 nitrogen and oxygen atoms in total. The van der Waals surface area contributed by atoms with Crippen molar-refractivity contribution in [1.29, 1.82) is 0 Å². The second-order valence-corrected chi connectivity index (χ2v) is 11.5. The Hall–Kier alpha value is -3.16. The second-order valence-electron chi connectivity index (χ2n) is 9.38. The van der Waals surface area contributed by atoms with Gasteiger partial charge in [-0.2, -0.15) is 0 Å². The minimum absolute atomic E-state index is 0. The Morgan fingerprint density at radius 2 is 1.07 bits per heavy atom. The summed E-state index contributed by atoms with van der Waals surface area (Å²) in [4.78, 5) is 18.6. The smallest absolute Gasteiger partial charge is 0.198 e. The summed E-state index contributed by atoms with van der Waals surface area (Å²) in [6, 6.07) is 20.0. The predicted octanol–water partition coefficient (Wildman–Crippen LogP) is 12.9. The van der Waals surface area contributed by atoms with Crippen molar-refractivity contribution in [3.8, 4) is 0 Å². The average molecular weight is 623 g/mol. The number of oxazole rings is 1. The van der Waals surface area contributed by atoms with Crippen molar-refractivity contribution in [3.63, 3.8) is 0 Å². The molecule has 236 valence electrons. The van der Waals surface area contributed by atoms with Gasteiger partial charge in [0, 0.05) is 24.0 Å². The number of nitrogens with zero attached hydrogens (tertiary/aromatic N) is 4. The number of rotatable bonds is 3. The van der Waals surface area contributed by atoms with Gasteiger partial charge < -0.3 is 4.42 Å². The van der Waals surface area contributed by atoms with Gasteiger partial charge in [-0.05, 0) is 36.4 Å². The van der Waals surface area contributed by atoms with E-state index in [9.17, 15) is 0 Å². The summed E-state index contributed by atoms with van der Waals surface area (Å²) >= 11 is 3.48. The van der Waals surface area contributed by atoms with Crippen LogP contribution in [0.15, 0.2) is 71.3 Å². The van der Waals surface area contributed by atoms with E-state index >= 15 is 0 Å². The molecule has 0 radical (unpaired) electrons. The lowest BCUT2D eigenvalue weighted by atomic mass is 10.2. The van der Waals surface area contributed by atoms with Gasteiger partial charge in [0.2, 0.25) is 0 Å². The molecule has 2 aromatic carbocycles. The molecule has 4 heterocycles. The van der Waals surface area contributed by atoms with Crippen LogP contribution in [-0.4, -0.2) is 19.9 Å². The average Bonchev–Trinajstić information content (AvgIpc) is 3.77. The standard InChI is InChI=1S/C10H11NO.C10H11NS.C9H10N2S.3C2H6.CH4/c2*1-7(2)10-11-8-5-3-4-6-9(8)12-10;1-6(2)8-11-7-4-3-5-10-9(7)12-8;3*1-2;/h2*3-7H,1-2H3;3-6H,1-2H3;3*1-2H3;1H4. The molecule has 43 heavy (non-hydrogen) atoms. The number of benzene rings is 2. The number of para-hydroxylation sites is 3. The molecule has 4 aromatic heterocycles. The maximum absolute atomic E-state index is 5.52. The molecule has 0 unspecified atom stereocenters. The lowest BCUT2D eigenvalue weighted by molar-refractivity contribution is 0.501. The Morgan fingerprint density at radius 3 is 1.60 bits per heavy atom. The van der Waals surface area contributed by atoms with Gasteiger partial charge in [0.25, 0.3) is 0 Å². The second kappa shape index (κ2) is 21.5. The zero-order valence-electron chi connectivity index (χ0n) is 27.6. The highest BCUT2D eigenvalue weighted by atomic mass is 32.1. The normalized spacial score (nSPS) is 9.84. The zero-order valence-corrected chi connectivity index (χ0v) is 29.2. The van der Waals surface area contributed by atoms with Crippen LogP contribution < -0.4 is 0 Å². The van der Waals surface area contributed by atoms with Crippen LogP contribution in [0.3, 0.4) is 0 Å². The lowest BCUT2D eigenvalue weighted by Gasteiger charge is -1.94. The van der Waals surface area contributed by atoms with Crippen molar-refractivity contribution in [3.05, 3.63) is 82.8 Å². The van der Waals surface area contributed by atoms with E-state index in [1.807, 2.05) is 90.2 Å². The maximum Gasteiger partial charge on any atom is 0.198 e. The fraction of sp³-hybridized carbons (Fsp3) is 0.444. The van der Waals surface area contributed by atoms with E-state index in [0.29, 0.717) is 17.8 Å². The summed E-state index contributed by atoms with van der Waals surface area (Å²) in [6.07, 6.45) is 1.81. The zero-order chi connectivity index (χ0) is 31.7. The van der Waals surface area contributed by atoms with Crippen LogP contribution in [0.25, 0.3) is 31.7 Å². The highest BCUT2D eigenvalue weighted by molar-refractivity contribution is 7.18. The first-order valence-electron chi connectivity index (χ1n) is 15.2. The SMILES string of the molecule is C.CC.CC.CC.CC(C)c1nc2ccccc2o1.CC(C)c1nc2ccccc2s1.CC(C)c1nc2cccnc2s1. The molecule has 0 saturated heterocycles. The molecule has 0 atom stereocenters. The molecule has 0 spiro atoms. The molecule has 0 aliphatic rings. The number of hydrogen-bond donors (Lipinski definition) is 0. The Kier molecular flexibility index (Phi) is 19.9. The Labute approximate surface area is 268 Å². The summed E-state index contributed by atoms with van der Waals surface area (Å²) in [5, 5.41) is 2.40. The van der Waals surface area contributed by atoms with Crippen LogP contribution in [0.2, 0.25) is 0 Å². The minimum Gasteiger partial charge on any atom is -0.440 e. The van der Waals surface area contributed by atoms with E-state index in [2.05, 4.69) is 79.7 Å². The predicted molar refractivity (Wildman–Crippen MR) is 194 cm³/mol. The van der Waals surface area contributed by atoms with Crippen molar-refractivity contribution < 1.29 is 4.42 Å². The first kappa shape index (κ1) is 39.8. The quantitative estimate of drug-likeness (QED) is 0.196. The van der Waals surface area contributed by atoms with Crippen LogP contribution in [0, 0.1) is 0 Å². The molecule has 0 aliphatic heterocycles. The fourth-order valence-corrected chi connectivity index (χ4v) is 5.19. The van der Waals surface area contributed by atoms with Crippen LogP contribution in [0.4, 0.5) is 0 Å². The molecular weight excluding hydrogens is 569 g/mol. The number of pyridine rings is 1. The molecule has 0 bridgehead atoms. The molecule has 0 amide bonds. The van der Waals surface area contributed by atoms with Crippen molar-refractivity contribution >= 4 is 54.3 Å². The third-order valence-corrected chi connectivity index (χ3v) is 7.90. The monoisotopic (exact) mass is 622 g/mol. The molecule has 6 rings (SSSR count). The first-order chi connectivity index (χ1) is 20.3. The van der Waals surface area contributed by atoms with Crippen molar-refractivity contribution in [1.82, 2.24) is 19.9 Å². The molecule has 0 aliphatic carbocycles. The highest BCUT2D eigenvalue weighted by Crippen LogP contribution is 2.27. The molecule has 0 N–H and O–H groups in total. The van der Waals surface area contributed by atoms with Crippen LogP contribution >= 0.6 is 22.7 Å². The number of fused-ring (bicyclic) bond motifs is 3. The fourth-order valence-electron chi connectivity index (χ4n) is 3.31. The van der Waals surface area contributed by atoms with Crippen LogP contribution in [-0.2, 0) is 0 Å². The van der Waals surface area contributed by atoms with Gasteiger partial charge in [0.1, 0.15) is 15.9 Å². The minimum atomic E-state index is 0. The third-order valence-electron chi connectivity index (χ3n) is 5.29. The van der Waals surface area contributed by atoms with E-state index in [1.54, 1.807) is 22.7 Å². The van der Waals surface area contributed by atoms with Gasteiger partial charge in [0.15, 0.2) is 11.5 Å². The molecule has 0 fully saturated rings. The largest absolute Gasteiger partial charge is 0.440 e. The van der Waals surface area contributed by atoms with Gasteiger partial charge >= 0.3 is 0 Å². The lowest BCUT2D eigenvalue weighted by Crippen LogP contribution is -1.84. The Morgan fingerprint density at radius 1 is 0.558 bits per heavy atom. The van der Waals surface area contributed by atoms with E-state index in [-0.39, 0.29) is 7.43 Å². The maximum atomic E-state index is 5.52. The third kappa shape index (κ3) is 12.2. The van der Waals surface area contributed by atoms with E-state index < -0.39 is 0 Å². The van der Waals surface area contributed by atoms with Crippen LogP contribution in [0.5, 0.6) is 0 Å². The number of aromatic nitrogens is 4.